The van der Waals surface area contributed by atoms with Gasteiger partial charge in [-0.05, 0) is 38.4 Å². The van der Waals surface area contributed by atoms with E-state index >= 15 is 0 Å². The molecule has 3 rings (SSSR count). The fraction of sp³-hybridized carbons (Fsp3) is 0.500. The van der Waals surface area contributed by atoms with Crippen molar-refractivity contribution >= 4 is 5.91 Å². The molecule has 1 fully saturated rings. The first-order valence-corrected chi connectivity index (χ1v) is 8.52. The molecule has 132 valence electrons. The van der Waals surface area contributed by atoms with Crippen LogP contribution in [0.25, 0.3) is 0 Å². The molecule has 7 nitrogen and oxygen atoms in total. The Hall–Kier alpha value is -2.59. The quantitative estimate of drug-likeness (QED) is 0.920. The highest BCUT2D eigenvalue weighted by molar-refractivity contribution is 5.92. The van der Waals surface area contributed by atoms with Crippen molar-refractivity contribution in [1.29, 1.82) is 5.26 Å². The van der Waals surface area contributed by atoms with Crippen LogP contribution in [0.5, 0.6) is 0 Å². The van der Waals surface area contributed by atoms with Gasteiger partial charge in [0.15, 0.2) is 0 Å². The number of hydrogen-bond donors (Lipinski definition) is 1. The number of H-pyrrole nitrogens is 1. The van der Waals surface area contributed by atoms with E-state index in [4.69, 9.17) is 5.26 Å². The maximum absolute atomic E-state index is 12.6. The van der Waals surface area contributed by atoms with E-state index in [-0.39, 0.29) is 11.9 Å². The SMILES string of the molecule is CN(C[C@@H]1CCCN(C)[C@H]1c1cnn(C)c1)C(=O)c1cc(C#N)c[nH]1. The lowest BCUT2D eigenvalue weighted by atomic mass is 9.85. The van der Waals surface area contributed by atoms with Crippen molar-refractivity contribution < 1.29 is 4.79 Å². The Bertz CT molecular complexity index is 786. The molecule has 0 aromatic carbocycles. The molecule has 1 saturated heterocycles. The van der Waals surface area contributed by atoms with Crippen molar-refractivity contribution in [2.75, 3.05) is 27.2 Å². The van der Waals surface area contributed by atoms with Gasteiger partial charge in [0, 0.05) is 44.6 Å². The summed E-state index contributed by atoms with van der Waals surface area (Å²) >= 11 is 0. The minimum absolute atomic E-state index is 0.0836. The number of hydrogen-bond acceptors (Lipinski definition) is 4. The Kier molecular flexibility index (Phi) is 4.91. The summed E-state index contributed by atoms with van der Waals surface area (Å²) in [4.78, 5) is 19.6. The molecule has 0 aliphatic carbocycles. The Morgan fingerprint density at radius 1 is 1.52 bits per heavy atom. The highest BCUT2D eigenvalue weighted by atomic mass is 16.2. The Morgan fingerprint density at radius 2 is 2.32 bits per heavy atom. The molecular formula is C18H24N6O. The predicted molar refractivity (Wildman–Crippen MR) is 93.8 cm³/mol. The highest BCUT2D eigenvalue weighted by Gasteiger charge is 2.33. The average Bonchev–Trinajstić information content (AvgIpc) is 3.23. The van der Waals surface area contributed by atoms with Crippen molar-refractivity contribution in [2.45, 2.75) is 18.9 Å². The molecule has 7 heteroatoms. The van der Waals surface area contributed by atoms with E-state index in [9.17, 15) is 4.79 Å². The van der Waals surface area contributed by atoms with Gasteiger partial charge in [-0.3, -0.25) is 14.4 Å². The summed E-state index contributed by atoms with van der Waals surface area (Å²) in [7, 11) is 5.88. The second-order valence-electron chi connectivity index (χ2n) is 6.87. The third kappa shape index (κ3) is 3.59. The van der Waals surface area contributed by atoms with E-state index in [0.717, 1.165) is 19.4 Å². The summed E-state index contributed by atoms with van der Waals surface area (Å²) in [5.74, 6) is 0.266. The predicted octanol–water partition coefficient (Wildman–Crippen LogP) is 1.77. The van der Waals surface area contributed by atoms with E-state index in [0.29, 0.717) is 23.7 Å². The van der Waals surface area contributed by atoms with Gasteiger partial charge in [-0.25, -0.2) is 0 Å². The van der Waals surface area contributed by atoms with Crippen LogP contribution < -0.4 is 0 Å². The number of piperidine rings is 1. The third-order valence-corrected chi connectivity index (χ3v) is 4.97. The molecule has 2 aromatic heterocycles. The molecule has 1 N–H and O–H groups in total. The first-order valence-electron chi connectivity index (χ1n) is 8.52. The molecule has 0 spiro atoms. The van der Waals surface area contributed by atoms with Crippen LogP contribution in [-0.2, 0) is 7.05 Å². The van der Waals surface area contributed by atoms with Crippen molar-refractivity contribution in [3.05, 3.63) is 41.5 Å². The zero-order chi connectivity index (χ0) is 18.0. The zero-order valence-electron chi connectivity index (χ0n) is 14.9. The van der Waals surface area contributed by atoms with Crippen molar-refractivity contribution in [3.8, 4) is 6.07 Å². The minimum atomic E-state index is -0.0836. The summed E-state index contributed by atoms with van der Waals surface area (Å²) in [6.45, 7) is 1.72. The van der Waals surface area contributed by atoms with Gasteiger partial charge < -0.3 is 9.88 Å². The third-order valence-electron chi connectivity index (χ3n) is 4.97. The van der Waals surface area contributed by atoms with Crippen molar-refractivity contribution in [3.63, 3.8) is 0 Å². The largest absolute Gasteiger partial charge is 0.356 e. The molecule has 25 heavy (non-hydrogen) atoms. The molecule has 3 heterocycles. The molecule has 0 bridgehead atoms. The number of amides is 1. The monoisotopic (exact) mass is 340 g/mol. The van der Waals surface area contributed by atoms with Crippen LogP contribution in [0.4, 0.5) is 0 Å². The number of aromatic nitrogens is 3. The van der Waals surface area contributed by atoms with Gasteiger partial charge >= 0.3 is 0 Å². The molecule has 0 saturated carbocycles. The number of aryl methyl sites for hydroxylation is 1. The van der Waals surface area contributed by atoms with E-state index in [1.165, 1.54) is 5.56 Å². The number of carbonyl (C=O) groups excluding carboxylic acids is 1. The molecule has 0 unspecified atom stereocenters. The number of carbonyl (C=O) groups is 1. The van der Waals surface area contributed by atoms with E-state index in [1.54, 1.807) is 17.2 Å². The molecule has 1 amide bonds. The molecule has 1 aliphatic heterocycles. The normalized spacial score (nSPS) is 21.0. The van der Waals surface area contributed by atoms with Crippen LogP contribution in [0.2, 0.25) is 0 Å². The molecular weight excluding hydrogens is 316 g/mol. The Balaban J connectivity index is 1.74. The molecule has 0 radical (unpaired) electrons. The number of likely N-dealkylation sites (tertiary alicyclic amines) is 1. The molecule has 2 aromatic rings. The van der Waals surface area contributed by atoms with Gasteiger partial charge in [0.1, 0.15) is 11.8 Å². The lowest BCUT2D eigenvalue weighted by Gasteiger charge is -2.40. The molecule has 2 atom stereocenters. The maximum Gasteiger partial charge on any atom is 0.270 e. The number of rotatable bonds is 4. The number of nitrogens with zero attached hydrogens (tertiary/aromatic N) is 5. The summed E-state index contributed by atoms with van der Waals surface area (Å²) in [5.41, 5.74) is 2.13. The standard InChI is InChI=1S/C18H24N6O/c1-22-6-4-5-14(17(22)15-10-21-24(3)12-15)11-23(2)18(25)16-7-13(8-19)9-20-16/h7,9-10,12,14,17,20H,4-6,11H2,1-3H3/t14-,17+/m0/s1. The van der Waals surface area contributed by atoms with Crippen LogP contribution >= 0.6 is 0 Å². The smallest absolute Gasteiger partial charge is 0.270 e. The topological polar surface area (TPSA) is 80.9 Å². The van der Waals surface area contributed by atoms with Crippen LogP contribution in [0, 0.1) is 17.2 Å². The summed E-state index contributed by atoms with van der Waals surface area (Å²) in [5, 5.41) is 13.2. The summed E-state index contributed by atoms with van der Waals surface area (Å²) in [6, 6.07) is 3.90. The van der Waals surface area contributed by atoms with E-state index in [1.807, 2.05) is 31.0 Å². The Morgan fingerprint density at radius 3 is 2.96 bits per heavy atom. The van der Waals surface area contributed by atoms with Crippen LogP contribution in [0.1, 0.15) is 40.5 Å². The maximum atomic E-state index is 12.6. The van der Waals surface area contributed by atoms with Gasteiger partial charge in [-0.15, -0.1) is 0 Å². The van der Waals surface area contributed by atoms with Crippen LogP contribution in [0.3, 0.4) is 0 Å². The van der Waals surface area contributed by atoms with Crippen molar-refractivity contribution in [2.24, 2.45) is 13.0 Å². The second kappa shape index (κ2) is 7.11. The number of nitrogens with one attached hydrogen (secondary N) is 1. The zero-order valence-corrected chi connectivity index (χ0v) is 14.9. The first-order chi connectivity index (χ1) is 12.0. The van der Waals surface area contributed by atoms with Gasteiger partial charge in [0.2, 0.25) is 0 Å². The van der Waals surface area contributed by atoms with E-state index < -0.39 is 0 Å². The summed E-state index contributed by atoms with van der Waals surface area (Å²) in [6.07, 6.45) is 7.75. The summed E-state index contributed by atoms with van der Waals surface area (Å²) < 4.78 is 1.83. The second-order valence-corrected chi connectivity index (χ2v) is 6.87. The van der Waals surface area contributed by atoms with Crippen molar-refractivity contribution in [1.82, 2.24) is 24.6 Å². The fourth-order valence-electron chi connectivity index (χ4n) is 3.79. The van der Waals surface area contributed by atoms with Gasteiger partial charge in [0.25, 0.3) is 5.91 Å². The lowest BCUT2D eigenvalue weighted by molar-refractivity contribution is 0.0641. The lowest BCUT2D eigenvalue weighted by Crippen LogP contribution is -2.42. The fourth-order valence-corrected chi connectivity index (χ4v) is 3.79. The van der Waals surface area contributed by atoms with Crippen LogP contribution in [0.15, 0.2) is 24.7 Å². The number of nitriles is 1. The van der Waals surface area contributed by atoms with Gasteiger partial charge in [-0.2, -0.15) is 10.4 Å². The van der Waals surface area contributed by atoms with Gasteiger partial charge in [0.05, 0.1) is 11.8 Å². The molecule has 1 aliphatic rings. The minimum Gasteiger partial charge on any atom is -0.356 e. The van der Waals surface area contributed by atoms with Crippen LogP contribution in [-0.4, -0.2) is 57.7 Å². The average molecular weight is 340 g/mol. The first kappa shape index (κ1) is 17.2. The van der Waals surface area contributed by atoms with Gasteiger partial charge in [-0.1, -0.05) is 0 Å². The number of aromatic amines is 1. The Labute approximate surface area is 147 Å². The highest BCUT2D eigenvalue weighted by Crippen LogP contribution is 2.35. The van der Waals surface area contributed by atoms with E-state index in [2.05, 4.69) is 28.2 Å².